The number of carbonyl (C=O) groups is 2. The Hall–Kier alpha value is -3.92. The first-order valence-corrected chi connectivity index (χ1v) is 10.2. The van der Waals surface area contributed by atoms with Gasteiger partial charge in [-0.05, 0) is 50.6 Å². The van der Waals surface area contributed by atoms with Crippen LogP contribution in [-0.2, 0) is 9.59 Å². The Morgan fingerprint density at radius 3 is 1.55 bits per heavy atom. The molecule has 1 aliphatic rings. The maximum atomic E-state index is 13.5. The molecule has 0 fully saturated rings. The van der Waals surface area contributed by atoms with Crippen LogP contribution in [0.15, 0.2) is 90.3 Å². The van der Waals surface area contributed by atoms with Gasteiger partial charge < -0.3 is 10.6 Å². The van der Waals surface area contributed by atoms with Crippen LogP contribution in [0.3, 0.4) is 0 Å². The summed E-state index contributed by atoms with van der Waals surface area (Å²) in [5.74, 6) is -0.469. The number of aryl methyl sites for hydroxylation is 3. The lowest BCUT2D eigenvalue weighted by molar-refractivity contribution is -0.114. The molecule has 31 heavy (non-hydrogen) atoms. The van der Waals surface area contributed by atoms with Gasteiger partial charge in [0.25, 0.3) is 0 Å². The van der Waals surface area contributed by atoms with Crippen molar-refractivity contribution >= 4 is 28.5 Å². The van der Waals surface area contributed by atoms with Crippen LogP contribution in [0.25, 0.3) is 5.57 Å². The van der Waals surface area contributed by atoms with E-state index >= 15 is 0 Å². The van der Waals surface area contributed by atoms with Gasteiger partial charge in [-0.15, -0.1) is 0 Å². The van der Waals surface area contributed by atoms with E-state index in [9.17, 15) is 9.59 Å². The third kappa shape index (κ3) is 4.48. The Morgan fingerprint density at radius 2 is 1.03 bits per heavy atom. The molecule has 4 nitrogen and oxygen atoms in total. The van der Waals surface area contributed by atoms with Crippen LogP contribution < -0.4 is 10.6 Å². The fraction of sp³-hybridized carbons (Fsp3) is 0.111. The Labute approximate surface area is 182 Å². The van der Waals surface area contributed by atoms with Gasteiger partial charge in [0.15, 0.2) is 0 Å². The lowest BCUT2D eigenvalue weighted by Gasteiger charge is -2.22. The molecular formula is C27H24N2O2. The molecule has 0 atom stereocenters. The number of ketones is 2. The second-order valence-electron chi connectivity index (χ2n) is 7.85. The van der Waals surface area contributed by atoms with Crippen molar-refractivity contribution in [3.8, 4) is 0 Å². The lowest BCUT2D eigenvalue weighted by atomic mass is 9.90. The highest BCUT2D eigenvalue weighted by Gasteiger charge is 2.30. The zero-order valence-corrected chi connectivity index (χ0v) is 17.8. The molecule has 0 aromatic heterocycles. The lowest BCUT2D eigenvalue weighted by Crippen LogP contribution is -2.26. The average Bonchev–Trinajstić information content (AvgIpc) is 2.76. The number of carbonyl (C=O) groups excluding carboxylic acids is 2. The minimum Gasteiger partial charge on any atom is -0.352 e. The molecule has 0 unspecified atom stereocenters. The van der Waals surface area contributed by atoms with Gasteiger partial charge >= 0.3 is 0 Å². The molecule has 0 saturated heterocycles. The smallest absolute Gasteiger partial charge is 0.212 e. The van der Waals surface area contributed by atoms with E-state index in [1.165, 1.54) is 6.08 Å². The Bertz CT molecular complexity index is 1200. The van der Waals surface area contributed by atoms with Crippen LogP contribution in [0.5, 0.6) is 0 Å². The number of hydrogen-bond donors (Lipinski definition) is 2. The van der Waals surface area contributed by atoms with E-state index in [1.807, 2.05) is 93.6 Å². The number of anilines is 2. The SMILES string of the molecule is Cc1ccc(NC2=CC(=O)C(Nc3ccc(C)cc3)=C(c3ccc(C)cc3)C2=O)cc1. The summed E-state index contributed by atoms with van der Waals surface area (Å²) in [4.78, 5) is 26.6. The topological polar surface area (TPSA) is 58.2 Å². The molecule has 3 aromatic rings. The molecule has 0 bridgehead atoms. The van der Waals surface area contributed by atoms with Crippen LogP contribution in [-0.4, -0.2) is 11.6 Å². The van der Waals surface area contributed by atoms with Gasteiger partial charge in [-0.2, -0.15) is 0 Å². The van der Waals surface area contributed by atoms with Gasteiger partial charge in [0.2, 0.25) is 11.6 Å². The van der Waals surface area contributed by atoms with E-state index in [0.717, 1.165) is 28.1 Å². The minimum atomic E-state index is -0.245. The number of hydrogen-bond acceptors (Lipinski definition) is 4. The maximum absolute atomic E-state index is 13.5. The summed E-state index contributed by atoms with van der Waals surface area (Å²) in [6, 6.07) is 23.1. The van der Waals surface area contributed by atoms with E-state index in [0.29, 0.717) is 11.1 Å². The second-order valence-corrected chi connectivity index (χ2v) is 7.85. The third-order valence-electron chi connectivity index (χ3n) is 5.24. The first kappa shape index (κ1) is 20.4. The van der Waals surface area contributed by atoms with Gasteiger partial charge in [0.05, 0.1) is 17.0 Å². The first-order chi connectivity index (χ1) is 14.9. The number of benzene rings is 3. The predicted octanol–water partition coefficient (Wildman–Crippen LogP) is 5.58. The Kier molecular flexibility index (Phi) is 5.54. The minimum absolute atomic E-state index is 0.223. The summed E-state index contributed by atoms with van der Waals surface area (Å²) >= 11 is 0. The van der Waals surface area contributed by atoms with Crippen molar-refractivity contribution in [1.29, 1.82) is 0 Å². The van der Waals surface area contributed by atoms with Gasteiger partial charge in [-0.1, -0.05) is 65.2 Å². The van der Waals surface area contributed by atoms with E-state index < -0.39 is 0 Å². The molecule has 154 valence electrons. The largest absolute Gasteiger partial charge is 0.352 e. The van der Waals surface area contributed by atoms with Crippen LogP contribution in [0.4, 0.5) is 11.4 Å². The fourth-order valence-corrected chi connectivity index (χ4v) is 3.43. The van der Waals surface area contributed by atoms with Crippen molar-refractivity contribution in [3.63, 3.8) is 0 Å². The molecule has 0 saturated carbocycles. The van der Waals surface area contributed by atoms with Crippen molar-refractivity contribution in [1.82, 2.24) is 0 Å². The number of nitrogens with one attached hydrogen (secondary N) is 2. The normalized spacial score (nSPS) is 13.8. The first-order valence-electron chi connectivity index (χ1n) is 10.2. The van der Waals surface area contributed by atoms with Crippen molar-refractivity contribution in [2.24, 2.45) is 0 Å². The summed E-state index contributed by atoms with van der Waals surface area (Å²) in [5, 5.41) is 6.30. The second kappa shape index (κ2) is 8.44. The zero-order chi connectivity index (χ0) is 22.0. The molecule has 1 aliphatic carbocycles. The summed E-state index contributed by atoms with van der Waals surface area (Å²) in [6.07, 6.45) is 1.37. The summed E-state index contributed by atoms with van der Waals surface area (Å²) in [6.45, 7) is 5.99. The van der Waals surface area contributed by atoms with Crippen LogP contribution in [0.2, 0.25) is 0 Å². The molecule has 4 rings (SSSR count). The molecule has 0 radical (unpaired) electrons. The van der Waals surface area contributed by atoms with E-state index in [2.05, 4.69) is 10.6 Å². The van der Waals surface area contributed by atoms with Crippen LogP contribution in [0.1, 0.15) is 22.3 Å². The van der Waals surface area contributed by atoms with E-state index in [-0.39, 0.29) is 23.0 Å². The Balaban J connectivity index is 1.75. The van der Waals surface area contributed by atoms with Gasteiger partial charge in [0.1, 0.15) is 0 Å². The zero-order valence-electron chi connectivity index (χ0n) is 17.8. The summed E-state index contributed by atoms with van der Waals surface area (Å²) in [7, 11) is 0. The van der Waals surface area contributed by atoms with E-state index in [1.54, 1.807) is 0 Å². The third-order valence-corrected chi connectivity index (χ3v) is 5.24. The highest BCUT2D eigenvalue weighted by Crippen LogP contribution is 2.30. The molecule has 0 amide bonds. The standard InChI is InChI=1S/C27H24N2O2/c1-17-4-10-20(11-5-17)25-26(29-22-14-8-19(3)9-15-22)24(30)16-23(27(25)31)28-21-12-6-18(2)7-13-21/h4-16,28-29H,1-3H3. The number of allylic oxidation sites excluding steroid dienone is 2. The average molecular weight is 409 g/mol. The molecule has 4 heteroatoms. The summed E-state index contributed by atoms with van der Waals surface area (Å²) < 4.78 is 0. The Morgan fingerprint density at radius 1 is 0.581 bits per heavy atom. The molecular weight excluding hydrogens is 384 g/mol. The molecule has 0 aliphatic heterocycles. The van der Waals surface area contributed by atoms with Gasteiger partial charge in [-0.3, -0.25) is 9.59 Å². The molecule has 2 N–H and O–H groups in total. The van der Waals surface area contributed by atoms with Crippen LogP contribution in [0, 0.1) is 20.8 Å². The number of Topliss-reactive ketones (excluding diaryl/α,β-unsaturated/α-hetero) is 1. The maximum Gasteiger partial charge on any atom is 0.212 e. The molecule has 0 heterocycles. The van der Waals surface area contributed by atoms with Gasteiger partial charge in [-0.25, -0.2) is 0 Å². The van der Waals surface area contributed by atoms with Crippen molar-refractivity contribution < 1.29 is 9.59 Å². The summed E-state index contributed by atoms with van der Waals surface area (Å²) in [5.41, 5.74) is 6.46. The predicted molar refractivity (Wildman–Crippen MR) is 126 cm³/mol. The monoisotopic (exact) mass is 408 g/mol. The van der Waals surface area contributed by atoms with E-state index in [4.69, 9.17) is 0 Å². The van der Waals surface area contributed by atoms with Gasteiger partial charge in [0, 0.05) is 17.5 Å². The fourth-order valence-electron chi connectivity index (χ4n) is 3.43. The number of rotatable bonds is 5. The van der Waals surface area contributed by atoms with Crippen LogP contribution >= 0.6 is 0 Å². The van der Waals surface area contributed by atoms with Crippen molar-refractivity contribution in [2.45, 2.75) is 20.8 Å². The highest BCUT2D eigenvalue weighted by atomic mass is 16.1. The molecule has 3 aromatic carbocycles. The van der Waals surface area contributed by atoms with Crippen molar-refractivity contribution in [3.05, 3.63) is 113 Å². The molecule has 0 spiro atoms. The van der Waals surface area contributed by atoms with Crippen molar-refractivity contribution in [2.75, 3.05) is 10.6 Å². The quantitative estimate of drug-likeness (QED) is 0.541. The highest BCUT2D eigenvalue weighted by molar-refractivity contribution is 6.39.